The number of hydrogen-bond acceptors (Lipinski definition) is 7. The minimum atomic E-state index is -0.712. The zero-order valence-electron chi connectivity index (χ0n) is 18.4. The van der Waals surface area contributed by atoms with Crippen molar-refractivity contribution in [3.8, 4) is 0 Å². The lowest BCUT2D eigenvalue weighted by Crippen LogP contribution is -2.61. The molecule has 8 atom stereocenters. The maximum Gasteiger partial charge on any atom is 0.141 e. The molecule has 7 nitrogen and oxygen atoms in total. The Morgan fingerprint density at radius 2 is 2.03 bits per heavy atom. The molecular formula is C24H36N2O5. The molecule has 5 aliphatic rings. The van der Waals surface area contributed by atoms with Crippen molar-refractivity contribution in [2.45, 2.75) is 64.1 Å². The van der Waals surface area contributed by atoms with Crippen LogP contribution in [0.3, 0.4) is 0 Å². The van der Waals surface area contributed by atoms with Gasteiger partial charge in [-0.05, 0) is 62.5 Å². The number of Topliss-reactive ketones (excluding diaryl/α,β-unsaturated/α-hetero) is 1. The van der Waals surface area contributed by atoms with Crippen LogP contribution in [0.4, 0.5) is 0 Å². The molecule has 0 aromatic heterocycles. The number of aliphatic hydroxyl groups excluding tert-OH is 3. The van der Waals surface area contributed by atoms with Crippen molar-refractivity contribution < 1.29 is 25.0 Å². The lowest BCUT2D eigenvalue weighted by molar-refractivity contribution is -0.152. The first kappa shape index (κ1) is 21.6. The Labute approximate surface area is 183 Å². The molecule has 3 saturated carbocycles. The molecule has 7 heteroatoms. The molecule has 0 aromatic carbocycles. The molecule has 1 heterocycles. The van der Waals surface area contributed by atoms with Crippen molar-refractivity contribution in [1.82, 2.24) is 5.32 Å². The highest BCUT2D eigenvalue weighted by Gasteiger charge is 2.64. The van der Waals surface area contributed by atoms with E-state index in [1.807, 2.05) is 6.08 Å². The Balaban J connectivity index is 1.50. The van der Waals surface area contributed by atoms with E-state index in [4.69, 9.17) is 4.84 Å². The highest BCUT2D eigenvalue weighted by Crippen LogP contribution is 2.65. The molecule has 0 radical (unpaired) electrons. The van der Waals surface area contributed by atoms with Gasteiger partial charge in [0, 0.05) is 36.1 Å². The third-order valence-electron chi connectivity index (χ3n) is 9.49. The smallest absolute Gasteiger partial charge is 0.141 e. The van der Waals surface area contributed by atoms with Crippen LogP contribution in [0.15, 0.2) is 16.8 Å². The minimum absolute atomic E-state index is 0.00127. The molecule has 0 aromatic rings. The number of oxime groups is 1. The standard InChI is InChI=1S/C24H36N2O5/c1-23-7-5-18-21(17(23)2-3-20(23)29)22(30)16(12-27)19-10-14(4-8-24(18,19)13-28)26-31-15-6-9-25-11-15/h10,15-18,21-22,25,27-28,30H,2-9,11-13H2,1H3/b26-14+/t15?,16-,17?,18?,21?,22-,23+,24+/m1/s1. The lowest BCUT2D eigenvalue weighted by atomic mass is 9.44. The average molecular weight is 433 g/mol. The van der Waals surface area contributed by atoms with E-state index >= 15 is 0 Å². The van der Waals surface area contributed by atoms with Crippen LogP contribution in [-0.2, 0) is 9.63 Å². The van der Waals surface area contributed by atoms with Gasteiger partial charge >= 0.3 is 0 Å². The summed E-state index contributed by atoms with van der Waals surface area (Å²) in [5.41, 5.74) is 0.923. The molecular weight excluding hydrogens is 396 g/mol. The van der Waals surface area contributed by atoms with Crippen LogP contribution < -0.4 is 5.32 Å². The van der Waals surface area contributed by atoms with E-state index in [0.29, 0.717) is 18.6 Å². The van der Waals surface area contributed by atoms with Gasteiger partial charge in [-0.25, -0.2) is 0 Å². The van der Waals surface area contributed by atoms with Crippen LogP contribution in [-0.4, -0.2) is 65.3 Å². The average Bonchev–Trinajstić information content (AvgIpc) is 3.40. The van der Waals surface area contributed by atoms with Crippen molar-refractivity contribution in [3.05, 3.63) is 11.6 Å². The SMILES string of the molecule is C[C@]12CCC3C(C1CCC2=O)[C@H](O)[C@H](CO)C1=C/C(=N/OC2CCNC2)CC[C@@]13CO. The van der Waals surface area contributed by atoms with E-state index in [1.54, 1.807) is 0 Å². The Hall–Kier alpha value is -1.28. The zero-order valence-corrected chi connectivity index (χ0v) is 18.4. The molecule has 4 aliphatic carbocycles. The first-order valence-electron chi connectivity index (χ1n) is 12.0. The van der Waals surface area contributed by atoms with E-state index in [9.17, 15) is 20.1 Å². The Kier molecular flexibility index (Phi) is 5.52. The van der Waals surface area contributed by atoms with Crippen LogP contribution >= 0.6 is 0 Å². The summed E-state index contributed by atoms with van der Waals surface area (Å²) in [6.07, 6.45) is 6.78. The lowest BCUT2D eigenvalue weighted by Gasteiger charge is -2.61. The summed E-state index contributed by atoms with van der Waals surface area (Å²) in [5.74, 6) is 0.0591. The molecule has 0 amide bonds. The van der Waals surface area contributed by atoms with Crippen LogP contribution in [0.5, 0.6) is 0 Å². The summed E-state index contributed by atoms with van der Waals surface area (Å²) in [5, 5.41) is 40.2. The van der Waals surface area contributed by atoms with Crippen LogP contribution in [0.2, 0.25) is 0 Å². The fourth-order valence-corrected chi connectivity index (χ4v) is 7.73. The van der Waals surface area contributed by atoms with E-state index in [-0.39, 0.29) is 42.5 Å². The van der Waals surface area contributed by atoms with Crippen LogP contribution in [0, 0.1) is 34.5 Å². The molecule has 4 N–H and O–H groups in total. The first-order valence-corrected chi connectivity index (χ1v) is 12.0. The molecule has 0 bridgehead atoms. The summed E-state index contributed by atoms with van der Waals surface area (Å²) in [6.45, 7) is 3.64. The molecule has 172 valence electrons. The third-order valence-corrected chi connectivity index (χ3v) is 9.49. The van der Waals surface area contributed by atoms with E-state index in [2.05, 4.69) is 17.4 Å². The Bertz CT molecular complexity index is 791. The molecule has 0 spiro atoms. The van der Waals surface area contributed by atoms with Crippen molar-refractivity contribution in [1.29, 1.82) is 0 Å². The van der Waals surface area contributed by atoms with Gasteiger partial charge in [-0.2, -0.15) is 0 Å². The largest absolute Gasteiger partial charge is 0.396 e. The maximum absolute atomic E-state index is 12.7. The van der Waals surface area contributed by atoms with E-state index in [1.165, 1.54) is 0 Å². The van der Waals surface area contributed by atoms with Gasteiger partial charge in [-0.15, -0.1) is 0 Å². The summed E-state index contributed by atoms with van der Waals surface area (Å²) in [6, 6.07) is 0. The van der Waals surface area contributed by atoms with Gasteiger partial charge in [0.05, 0.1) is 25.0 Å². The topological polar surface area (TPSA) is 111 Å². The molecule has 1 saturated heterocycles. The molecule has 1 aliphatic heterocycles. The van der Waals surface area contributed by atoms with Gasteiger partial charge in [0.1, 0.15) is 11.9 Å². The van der Waals surface area contributed by atoms with Crippen molar-refractivity contribution in [3.63, 3.8) is 0 Å². The number of rotatable bonds is 4. The van der Waals surface area contributed by atoms with E-state index in [0.717, 1.165) is 56.5 Å². The number of carbonyl (C=O) groups is 1. The van der Waals surface area contributed by atoms with Crippen LogP contribution in [0.25, 0.3) is 0 Å². The zero-order chi connectivity index (χ0) is 21.8. The number of aliphatic hydroxyl groups is 3. The maximum atomic E-state index is 12.7. The molecule has 5 rings (SSSR count). The fourth-order valence-electron chi connectivity index (χ4n) is 7.73. The number of allylic oxidation sites excluding steroid dienone is 1. The Morgan fingerprint density at radius 3 is 2.74 bits per heavy atom. The second kappa shape index (κ2) is 7.94. The predicted molar refractivity (Wildman–Crippen MR) is 115 cm³/mol. The monoisotopic (exact) mass is 432 g/mol. The minimum Gasteiger partial charge on any atom is -0.396 e. The molecule has 4 unspecified atom stereocenters. The number of ketones is 1. The molecule has 31 heavy (non-hydrogen) atoms. The highest BCUT2D eigenvalue weighted by atomic mass is 16.6. The first-order chi connectivity index (χ1) is 14.9. The van der Waals surface area contributed by atoms with Crippen LogP contribution in [0.1, 0.15) is 51.9 Å². The number of nitrogens with one attached hydrogen (secondary N) is 1. The Morgan fingerprint density at radius 1 is 1.19 bits per heavy atom. The summed E-state index contributed by atoms with van der Waals surface area (Å²) in [7, 11) is 0. The summed E-state index contributed by atoms with van der Waals surface area (Å²) >= 11 is 0. The van der Waals surface area contributed by atoms with Gasteiger partial charge in [-0.1, -0.05) is 17.7 Å². The second-order valence-electron chi connectivity index (χ2n) is 10.7. The van der Waals surface area contributed by atoms with Gasteiger partial charge in [0.25, 0.3) is 0 Å². The number of hydrogen-bond donors (Lipinski definition) is 4. The third kappa shape index (κ3) is 3.15. The van der Waals surface area contributed by atoms with Crippen molar-refractivity contribution in [2.24, 2.45) is 39.7 Å². The summed E-state index contributed by atoms with van der Waals surface area (Å²) < 4.78 is 0. The summed E-state index contributed by atoms with van der Waals surface area (Å²) in [4.78, 5) is 18.4. The van der Waals surface area contributed by atoms with Gasteiger partial charge in [0.2, 0.25) is 0 Å². The van der Waals surface area contributed by atoms with E-state index < -0.39 is 17.4 Å². The second-order valence-corrected chi connectivity index (χ2v) is 10.7. The predicted octanol–water partition coefficient (Wildman–Crippen LogP) is 1.41. The number of nitrogens with zero attached hydrogens (tertiary/aromatic N) is 1. The number of fused-ring (bicyclic) bond motifs is 5. The fraction of sp³-hybridized carbons (Fsp3) is 0.833. The van der Waals surface area contributed by atoms with Crippen molar-refractivity contribution in [2.75, 3.05) is 26.3 Å². The quantitative estimate of drug-likeness (QED) is 0.500. The van der Waals surface area contributed by atoms with Gasteiger partial charge < -0.3 is 25.5 Å². The molecule has 4 fully saturated rings. The van der Waals surface area contributed by atoms with Gasteiger partial charge in [0.15, 0.2) is 0 Å². The van der Waals surface area contributed by atoms with Crippen molar-refractivity contribution >= 4 is 11.5 Å². The van der Waals surface area contributed by atoms with Gasteiger partial charge in [-0.3, -0.25) is 4.79 Å². The number of carbonyl (C=O) groups excluding carboxylic acids is 1. The highest BCUT2D eigenvalue weighted by molar-refractivity contribution is 5.96. The normalized spacial score (nSPS) is 48.2.